The lowest BCUT2D eigenvalue weighted by molar-refractivity contribution is -0.116. The number of rotatable bonds is 11. The van der Waals surface area contributed by atoms with Crippen LogP contribution in [0.1, 0.15) is 13.8 Å². The Labute approximate surface area is 233 Å². The summed E-state index contributed by atoms with van der Waals surface area (Å²) in [6, 6.07) is 19.0. The van der Waals surface area contributed by atoms with E-state index in [1.54, 1.807) is 54.3 Å². The van der Waals surface area contributed by atoms with Gasteiger partial charge >= 0.3 is 0 Å². The van der Waals surface area contributed by atoms with Gasteiger partial charge in [0.1, 0.15) is 17.3 Å². The van der Waals surface area contributed by atoms with Gasteiger partial charge < -0.3 is 9.47 Å². The number of imidazole rings is 1. The molecule has 3 aromatic carbocycles. The number of sulfonamides is 1. The van der Waals surface area contributed by atoms with Gasteiger partial charge in [0, 0.05) is 24.0 Å². The van der Waals surface area contributed by atoms with Crippen molar-refractivity contribution in [3.05, 3.63) is 84.8 Å². The van der Waals surface area contributed by atoms with Crippen molar-refractivity contribution in [1.29, 1.82) is 0 Å². The van der Waals surface area contributed by atoms with Gasteiger partial charge in [-0.05, 0) is 78.7 Å². The average molecular weight is 567 g/mol. The standard InChI is InChI=1S/C29H31FN4O5S/c1-20(2)17-33(40(36,37)26-15-13-25(39-4)14-16-26)19-28(35)32-29-31-27(21-5-11-24(38-3)12-6-21)18-34(29)23-9-7-22(30)8-10-23/h5-16,18,20H,17,19H2,1-4H3,(H,31,32,35). The number of halogens is 1. The third kappa shape index (κ3) is 6.67. The van der Waals surface area contributed by atoms with Gasteiger partial charge in [0.25, 0.3) is 0 Å². The van der Waals surface area contributed by atoms with E-state index in [-0.39, 0.29) is 23.3 Å². The summed E-state index contributed by atoms with van der Waals surface area (Å²) in [5.74, 6) is 0.342. The molecule has 210 valence electrons. The molecule has 0 saturated carbocycles. The molecule has 4 aromatic rings. The van der Waals surface area contributed by atoms with Gasteiger partial charge in [0.05, 0.1) is 31.4 Å². The number of hydrogen-bond acceptors (Lipinski definition) is 6. The summed E-state index contributed by atoms with van der Waals surface area (Å²) in [6.07, 6.45) is 1.71. The normalized spacial score (nSPS) is 11.6. The molecule has 0 aliphatic carbocycles. The molecular weight excluding hydrogens is 535 g/mol. The third-order valence-corrected chi connectivity index (χ3v) is 7.86. The van der Waals surface area contributed by atoms with Crippen LogP contribution in [-0.2, 0) is 14.8 Å². The van der Waals surface area contributed by atoms with E-state index >= 15 is 0 Å². The first-order valence-electron chi connectivity index (χ1n) is 12.5. The Kier molecular flexibility index (Phi) is 8.86. The maximum absolute atomic E-state index is 13.6. The van der Waals surface area contributed by atoms with E-state index in [1.807, 2.05) is 26.0 Å². The topological polar surface area (TPSA) is 103 Å². The zero-order valence-electron chi connectivity index (χ0n) is 22.7. The summed E-state index contributed by atoms with van der Waals surface area (Å²) in [5, 5.41) is 2.75. The van der Waals surface area contributed by atoms with Gasteiger partial charge in [-0.2, -0.15) is 4.31 Å². The first kappa shape index (κ1) is 28.8. The van der Waals surface area contributed by atoms with Crippen molar-refractivity contribution >= 4 is 21.9 Å². The minimum Gasteiger partial charge on any atom is -0.497 e. The largest absolute Gasteiger partial charge is 0.497 e. The van der Waals surface area contributed by atoms with Gasteiger partial charge in [-0.1, -0.05) is 13.8 Å². The van der Waals surface area contributed by atoms with E-state index in [2.05, 4.69) is 10.3 Å². The Bertz CT molecular complexity index is 1550. The molecule has 9 nitrogen and oxygen atoms in total. The Hall–Kier alpha value is -4.22. The van der Waals surface area contributed by atoms with Crippen molar-refractivity contribution in [1.82, 2.24) is 13.9 Å². The summed E-state index contributed by atoms with van der Waals surface area (Å²) in [6.45, 7) is 3.44. The SMILES string of the molecule is COc1ccc(-c2cn(-c3ccc(F)cc3)c(NC(=O)CN(CC(C)C)S(=O)(=O)c3ccc(OC)cc3)n2)cc1. The molecule has 0 aliphatic heterocycles. The Balaban J connectivity index is 1.64. The number of nitrogens with zero attached hydrogens (tertiary/aromatic N) is 3. The second kappa shape index (κ2) is 12.3. The molecule has 0 fully saturated rings. The molecule has 1 aromatic heterocycles. The van der Waals surface area contributed by atoms with Crippen LogP contribution in [0.15, 0.2) is 83.9 Å². The molecule has 40 heavy (non-hydrogen) atoms. The molecule has 0 spiro atoms. The highest BCUT2D eigenvalue weighted by Gasteiger charge is 2.28. The zero-order chi connectivity index (χ0) is 28.9. The highest BCUT2D eigenvalue weighted by atomic mass is 32.2. The minimum absolute atomic E-state index is 0.0382. The van der Waals surface area contributed by atoms with Crippen molar-refractivity contribution in [2.75, 3.05) is 32.6 Å². The molecule has 0 saturated heterocycles. The smallest absolute Gasteiger partial charge is 0.243 e. The van der Waals surface area contributed by atoms with Gasteiger partial charge in [0.15, 0.2) is 0 Å². The van der Waals surface area contributed by atoms with Crippen molar-refractivity contribution in [2.24, 2.45) is 5.92 Å². The second-order valence-electron chi connectivity index (χ2n) is 9.44. The van der Waals surface area contributed by atoms with E-state index in [0.717, 1.165) is 9.87 Å². The van der Waals surface area contributed by atoms with Gasteiger partial charge in [0.2, 0.25) is 21.9 Å². The average Bonchev–Trinajstić information content (AvgIpc) is 3.36. The number of hydrogen-bond donors (Lipinski definition) is 1. The van der Waals surface area contributed by atoms with Crippen LogP contribution < -0.4 is 14.8 Å². The molecule has 1 heterocycles. The molecule has 11 heteroatoms. The van der Waals surface area contributed by atoms with Crippen LogP contribution in [-0.4, -0.2) is 55.5 Å². The molecule has 4 rings (SSSR count). The number of nitrogens with one attached hydrogen (secondary N) is 1. The number of benzene rings is 3. The molecule has 0 radical (unpaired) electrons. The van der Waals surface area contributed by atoms with Crippen molar-refractivity contribution in [3.8, 4) is 28.4 Å². The maximum Gasteiger partial charge on any atom is 0.243 e. The lowest BCUT2D eigenvalue weighted by Gasteiger charge is -2.23. The summed E-state index contributed by atoms with van der Waals surface area (Å²) in [5.41, 5.74) is 1.88. The van der Waals surface area contributed by atoms with Crippen LogP contribution >= 0.6 is 0 Å². The van der Waals surface area contributed by atoms with E-state index in [1.165, 1.54) is 31.4 Å². The summed E-state index contributed by atoms with van der Waals surface area (Å²) in [7, 11) is -0.916. The van der Waals surface area contributed by atoms with Crippen molar-refractivity contribution < 1.29 is 27.1 Å². The van der Waals surface area contributed by atoms with E-state index < -0.39 is 28.3 Å². The molecule has 0 aliphatic rings. The number of aromatic nitrogens is 2. The van der Waals surface area contributed by atoms with Gasteiger partial charge in [-0.15, -0.1) is 0 Å². The monoisotopic (exact) mass is 566 g/mol. The number of carbonyl (C=O) groups is 1. The Morgan fingerprint density at radius 2 is 1.52 bits per heavy atom. The fraction of sp³-hybridized carbons (Fsp3) is 0.241. The van der Waals surface area contributed by atoms with E-state index in [4.69, 9.17) is 9.47 Å². The van der Waals surface area contributed by atoms with Crippen LogP contribution in [0, 0.1) is 11.7 Å². The number of anilines is 1. The predicted octanol–water partition coefficient (Wildman–Crippen LogP) is 4.98. The predicted molar refractivity (Wildman–Crippen MR) is 151 cm³/mol. The van der Waals surface area contributed by atoms with Crippen molar-refractivity contribution in [3.63, 3.8) is 0 Å². The fourth-order valence-corrected chi connectivity index (χ4v) is 5.60. The summed E-state index contributed by atoms with van der Waals surface area (Å²) >= 11 is 0. The zero-order valence-corrected chi connectivity index (χ0v) is 23.5. The highest BCUT2D eigenvalue weighted by molar-refractivity contribution is 7.89. The lowest BCUT2D eigenvalue weighted by atomic mass is 10.1. The fourth-order valence-electron chi connectivity index (χ4n) is 4.04. The van der Waals surface area contributed by atoms with E-state index in [9.17, 15) is 17.6 Å². The van der Waals surface area contributed by atoms with Crippen LogP contribution in [0.25, 0.3) is 16.9 Å². The first-order valence-corrected chi connectivity index (χ1v) is 14.0. The number of methoxy groups -OCH3 is 2. The molecule has 0 bridgehead atoms. The minimum atomic E-state index is -3.98. The summed E-state index contributed by atoms with van der Waals surface area (Å²) in [4.78, 5) is 17.9. The number of carbonyl (C=O) groups excluding carboxylic acids is 1. The highest BCUT2D eigenvalue weighted by Crippen LogP contribution is 2.27. The van der Waals surface area contributed by atoms with Crippen LogP contribution in [0.2, 0.25) is 0 Å². The molecule has 0 atom stereocenters. The molecule has 0 unspecified atom stereocenters. The number of ether oxygens (including phenoxy) is 2. The Morgan fingerprint density at radius 3 is 2.08 bits per heavy atom. The van der Waals surface area contributed by atoms with Crippen LogP contribution in [0.5, 0.6) is 11.5 Å². The van der Waals surface area contributed by atoms with Gasteiger partial charge in [-0.3, -0.25) is 14.7 Å². The summed E-state index contributed by atoms with van der Waals surface area (Å²) < 4.78 is 53.6. The lowest BCUT2D eigenvalue weighted by Crippen LogP contribution is -2.40. The molecular formula is C29H31FN4O5S. The van der Waals surface area contributed by atoms with Crippen LogP contribution in [0.4, 0.5) is 10.3 Å². The Morgan fingerprint density at radius 1 is 0.950 bits per heavy atom. The van der Waals surface area contributed by atoms with Gasteiger partial charge in [-0.25, -0.2) is 17.8 Å². The third-order valence-electron chi connectivity index (χ3n) is 6.03. The first-order chi connectivity index (χ1) is 19.1. The quantitative estimate of drug-likeness (QED) is 0.275. The van der Waals surface area contributed by atoms with E-state index in [0.29, 0.717) is 22.9 Å². The molecule has 1 N–H and O–H groups in total. The van der Waals surface area contributed by atoms with Crippen molar-refractivity contribution in [2.45, 2.75) is 18.7 Å². The maximum atomic E-state index is 13.6. The second-order valence-corrected chi connectivity index (χ2v) is 11.4. The number of amides is 1. The molecule has 1 amide bonds. The van der Waals surface area contributed by atoms with Crippen LogP contribution in [0.3, 0.4) is 0 Å².